The van der Waals surface area contributed by atoms with Gasteiger partial charge in [0.2, 0.25) is 0 Å². The highest BCUT2D eigenvalue weighted by Crippen LogP contribution is 2.15. The van der Waals surface area contributed by atoms with Crippen molar-refractivity contribution in [3.05, 3.63) is 71.0 Å². The standard InChI is InChI=1S/C18H16BrFO3/c1-22-18(21)15-4-2-13(3-5-15)10-14(11-19)12-23-17-8-6-16(20)7-9-17/h2-10H,11-12H2,1H3/b14-10+. The normalized spacial score (nSPS) is 11.2. The fraction of sp³-hybridized carbons (Fsp3) is 0.167. The van der Waals surface area contributed by atoms with Gasteiger partial charge in [-0.2, -0.15) is 0 Å². The predicted molar refractivity (Wildman–Crippen MR) is 91.4 cm³/mol. The van der Waals surface area contributed by atoms with Crippen LogP contribution < -0.4 is 4.74 Å². The van der Waals surface area contributed by atoms with Crippen molar-refractivity contribution in [2.75, 3.05) is 19.0 Å². The van der Waals surface area contributed by atoms with Gasteiger partial charge < -0.3 is 9.47 Å². The Morgan fingerprint density at radius 1 is 1.13 bits per heavy atom. The summed E-state index contributed by atoms with van der Waals surface area (Å²) in [5.41, 5.74) is 2.47. The highest BCUT2D eigenvalue weighted by Gasteiger charge is 2.04. The number of hydrogen-bond acceptors (Lipinski definition) is 3. The SMILES string of the molecule is COC(=O)c1ccc(/C=C(\CBr)COc2ccc(F)cc2)cc1. The van der Waals surface area contributed by atoms with Gasteiger partial charge in [0.15, 0.2) is 0 Å². The van der Waals surface area contributed by atoms with E-state index in [1.54, 1.807) is 24.3 Å². The Morgan fingerprint density at radius 2 is 1.78 bits per heavy atom. The molecular weight excluding hydrogens is 363 g/mol. The van der Waals surface area contributed by atoms with Gasteiger partial charge in [0.25, 0.3) is 0 Å². The largest absolute Gasteiger partial charge is 0.489 e. The molecule has 23 heavy (non-hydrogen) atoms. The molecule has 0 aliphatic carbocycles. The Hall–Kier alpha value is -2.14. The van der Waals surface area contributed by atoms with Crippen molar-refractivity contribution in [3.8, 4) is 5.75 Å². The van der Waals surface area contributed by atoms with E-state index in [-0.39, 0.29) is 11.8 Å². The second-order valence-corrected chi connectivity index (χ2v) is 5.35. The quantitative estimate of drug-likeness (QED) is 0.549. The first-order valence-corrected chi connectivity index (χ1v) is 8.06. The van der Waals surface area contributed by atoms with Crippen LogP contribution in [0, 0.1) is 5.82 Å². The van der Waals surface area contributed by atoms with Gasteiger partial charge in [-0.3, -0.25) is 0 Å². The lowest BCUT2D eigenvalue weighted by Gasteiger charge is -2.08. The number of carbonyl (C=O) groups is 1. The molecule has 0 saturated carbocycles. The molecule has 3 nitrogen and oxygen atoms in total. The highest BCUT2D eigenvalue weighted by atomic mass is 79.9. The van der Waals surface area contributed by atoms with E-state index in [1.807, 2.05) is 18.2 Å². The summed E-state index contributed by atoms with van der Waals surface area (Å²) in [6, 6.07) is 13.0. The Morgan fingerprint density at radius 3 is 2.35 bits per heavy atom. The van der Waals surface area contributed by atoms with Crippen LogP contribution in [-0.2, 0) is 4.74 Å². The monoisotopic (exact) mass is 378 g/mol. The minimum absolute atomic E-state index is 0.292. The molecule has 120 valence electrons. The smallest absolute Gasteiger partial charge is 0.337 e. The third-order valence-corrected chi connectivity index (χ3v) is 3.83. The van der Waals surface area contributed by atoms with Crippen molar-refractivity contribution in [3.63, 3.8) is 0 Å². The van der Waals surface area contributed by atoms with E-state index in [2.05, 4.69) is 20.7 Å². The summed E-state index contributed by atoms with van der Waals surface area (Å²) in [6.45, 7) is 0.385. The van der Waals surface area contributed by atoms with Crippen molar-refractivity contribution in [1.29, 1.82) is 0 Å². The van der Waals surface area contributed by atoms with Crippen LogP contribution in [0.25, 0.3) is 6.08 Å². The summed E-state index contributed by atoms with van der Waals surface area (Å²) in [4.78, 5) is 11.4. The van der Waals surface area contributed by atoms with Gasteiger partial charge in [-0.15, -0.1) is 0 Å². The zero-order chi connectivity index (χ0) is 16.7. The molecule has 0 atom stereocenters. The second kappa shape index (κ2) is 8.48. The van der Waals surface area contributed by atoms with Crippen LogP contribution in [0.1, 0.15) is 15.9 Å². The summed E-state index contributed by atoms with van der Waals surface area (Å²) < 4.78 is 23.1. The molecule has 0 heterocycles. The molecule has 0 aromatic heterocycles. The van der Waals surface area contributed by atoms with Crippen LogP contribution in [0.15, 0.2) is 54.1 Å². The molecule has 0 spiro atoms. The summed E-state index contributed by atoms with van der Waals surface area (Å²) >= 11 is 3.42. The minimum atomic E-state index is -0.360. The number of ether oxygens (including phenoxy) is 2. The van der Waals surface area contributed by atoms with Gasteiger partial charge in [-0.05, 0) is 47.5 Å². The third kappa shape index (κ3) is 5.21. The van der Waals surface area contributed by atoms with Crippen LogP contribution >= 0.6 is 15.9 Å². The molecule has 0 unspecified atom stereocenters. The molecule has 5 heteroatoms. The van der Waals surface area contributed by atoms with Crippen molar-refractivity contribution < 1.29 is 18.7 Å². The van der Waals surface area contributed by atoms with Crippen LogP contribution in [-0.4, -0.2) is 25.0 Å². The van der Waals surface area contributed by atoms with Crippen molar-refractivity contribution in [2.24, 2.45) is 0 Å². The van der Waals surface area contributed by atoms with E-state index in [0.29, 0.717) is 23.2 Å². The number of benzene rings is 2. The van der Waals surface area contributed by atoms with Crippen LogP contribution in [0.4, 0.5) is 4.39 Å². The lowest BCUT2D eigenvalue weighted by atomic mass is 10.1. The number of halogens is 2. The molecule has 2 aromatic carbocycles. The zero-order valence-electron chi connectivity index (χ0n) is 12.6. The molecule has 0 fully saturated rings. The lowest BCUT2D eigenvalue weighted by Crippen LogP contribution is -2.03. The molecule has 0 bridgehead atoms. The molecule has 0 saturated heterocycles. The maximum absolute atomic E-state index is 12.8. The fourth-order valence-corrected chi connectivity index (χ4v) is 2.22. The number of methoxy groups -OCH3 is 1. The number of alkyl halides is 1. The Bertz CT molecular complexity index is 678. The zero-order valence-corrected chi connectivity index (χ0v) is 14.2. The maximum Gasteiger partial charge on any atom is 0.337 e. The molecule has 2 rings (SSSR count). The van der Waals surface area contributed by atoms with E-state index in [4.69, 9.17) is 4.74 Å². The summed E-state index contributed by atoms with van der Waals surface area (Å²) in [6.07, 6.45) is 1.97. The average molecular weight is 379 g/mol. The van der Waals surface area contributed by atoms with Gasteiger partial charge in [0.05, 0.1) is 12.7 Å². The average Bonchev–Trinajstić information content (AvgIpc) is 2.59. The van der Waals surface area contributed by atoms with Gasteiger partial charge in [0.1, 0.15) is 18.2 Å². The first-order chi connectivity index (χ1) is 11.1. The molecular formula is C18H16BrFO3. The molecule has 0 N–H and O–H groups in total. The first-order valence-electron chi connectivity index (χ1n) is 6.94. The van der Waals surface area contributed by atoms with E-state index >= 15 is 0 Å². The topological polar surface area (TPSA) is 35.5 Å². The molecule has 2 aromatic rings. The Labute approximate surface area is 142 Å². The van der Waals surface area contributed by atoms with Crippen LogP contribution in [0.2, 0.25) is 0 Å². The highest BCUT2D eigenvalue weighted by molar-refractivity contribution is 9.09. The molecule has 0 aliphatic rings. The van der Waals surface area contributed by atoms with E-state index < -0.39 is 0 Å². The predicted octanol–water partition coefficient (Wildman–Crippen LogP) is 4.47. The molecule has 0 aliphatic heterocycles. The summed E-state index contributed by atoms with van der Waals surface area (Å²) in [7, 11) is 1.35. The van der Waals surface area contributed by atoms with Crippen LogP contribution in [0.5, 0.6) is 5.75 Å². The number of esters is 1. The Balaban J connectivity index is 2.03. The molecule has 0 amide bonds. The van der Waals surface area contributed by atoms with E-state index in [1.165, 1.54) is 19.2 Å². The summed E-state index contributed by atoms with van der Waals surface area (Å²) in [5, 5.41) is 0.646. The van der Waals surface area contributed by atoms with Gasteiger partial charge in [-0.25, -0.2) is 9.18 Å². The Kier molecular flexibility index (Phi) is 6.35. The maximum atomic E-state index is 12.8. The number of rotatable bonds is 6. The van der Waals surface area contributed by atoms with Gasteiger partial charge in [-0.1, -0.05) is 34.1 Å². The van der Waals surface area contributed by atoms with Crippen molar-refractivity contribution >= 4 is 28.0 Å². The van der Waals surface area contributed by atoms with E-state index in [9.17, 15) is 9.18 Å². The van der Waals surface area contributed by atoms with Gasteiger partial charge in [0, 0.05) is 5.33 Å². The van der Waals surface area contributed by atoms with Crippen LogP contribution in [0.3, 0.4) is 0 Å². The van der Waals surface area contributed by atoms with Crippen molar-refractivity contribution in [2.45, 2.75) is 0 Å². The van der Waals surface area contributed by atoms with E-state index in [0.717, 1.165) is 11.1 Å². The number of hydrogen-bond donors (Lipinski definition) is 0. The number of carbonyl (C=O) groups excluding carboxylic acids is 1. The summed E-state index contributed by atoms with van der Waals surface area (Å²) in [5.74, 6) is -0.0421. The van der Waals surface area contributed by atoms with Crippen molar-refractivity contribution in [1.82, 2.24) is 0 Å². The first kappa shape index (κ1) is 17.2. The minimum Gasteiger partial charge on any atom is -0.489 e. The lowest BCUT2D eigenvalue weighted by molar-refractivity contribution is 0.0600. The second-order valence-electron chi connectivity index (χ2n) is 4.79. The third-order valence-electron chi connectivity index (χ3n) is 3.11. The van der Waals surface area contributed by atoms with Gasteiger partial charge >= 0.3 is 5.97 Å². The molecule has 0 radical (unpaired) electrons. The fourth-order valence-electron chi connectivity index (χ4n) is 1.89.